The van der Waals surface area contributed by atoms with Gasteiger partial charge in [0.25, 0.3) is 0 Å². The zero-order valence-corrected chi connectivity index (χ0v) is 14.0. The number of methoxy groups -OCH3 is 1. The van der Waals surface area contributed by atoms with E-state index in [2.05, 4.69) is 15.4 Å². The van der Waals surface area contributed by atoms with Crippen LogP contribution in [0.2, 0.25) is 0 Å². The van der Waals surface area contributed by atoms with Crippen LogP contribution in [-0.4, -0.2) is 41.8 Å². The molecule has 0 bridgehead atoms. The molecule has 0 saturated heterocycles. The molecule has 0 aromatic heterocycles. The van der Waals surface area contributed by atoms with Gasteiger partial charge < -0.3 is 25.1 Å². The first kappa shape index (κ1) is 18.5. The Balaban J connectivity index is 2.65. The third kappa shape index (κ3) is 6.06. The maximum atomic E-state index is 12.0. The molecule has 0 aliphatic rings. The number of hydrogen-bond donors (Lipinski definition) is 3. The molecular formula is C13H19N3O4S2. The highest BCUT2D eigenvalue weighted by molar-refractivity contribution is 7.91. The number of nitrogen functional groups attached to an aromatic ring is 1. The van der Waals surface area contributed by atoms with Crippen LogP contribution in [0.15, 0.2) is 23.1 Å². The van der Waals surface area contributed by atoms with Crippen LogP contribution < -0.4 is 16.4 Å². The fraction of sp³-hybridized carbons (Fsp3) is 0.385. The molecule has 0 saturated carbocycles. The van der Waals surface area contributed by atoms with Crippen LogP contribution in [0.3, 0.4) is 0 Å². The van der Waals surface area contributed by atoms with Crippen LogP contribution in [0.25, 0.3) is 0 Å². The van der Waals surface area contributed by atoms with E-state index in [1.54, 1.807) is 18.2 Å². The summed E-state index contributed by atoms with van der Waals surface area (Å²) >= 11 is 3.76. The van der Waals surface area contributed by atoms with Gasteiger partial charge in [0.1, 0.15) is 5.75 Å². The summed E-state index contributed by atoms with van der Waals surface area (Å²) in [7, 11) is 1.23. The number of carbonyl (C=O) groups is 1. The Labute approximate surface area is 137 Å². The fourth-order valence-corrected chi connectivity index (χ4v) is 2.67. The van der Waals surface area contributed by atoms with Gasteiger partial charge in [0.15, 0.2) is 10.0 Å². The molecule has 1 aromatic rings. The predicted octanol–water partition coefficient (Wildman–Crippen LogP) is 1.47. The van der Waals surface area contributed by atoms with E-state index in [1.165, 1.54) is 7.11 Å². The highest BCUT2D eigenvalue weighted by atomic mass is 32.2. The molecule has 0 spiro atoms. The molecule has 1 aromatic carbocycles. The lowest BCUT2D eigenvalue weighted by Gasteiger charge is -2.14. The summed E-state index contributed by atoms with van der Waals surface area (Å²) in [6.07, 6.45) is -0.676. The van der Waals surface area contributed by atoms with Gasteiger partial charge in [-0.25, -0.2) is 4.79 Å². The Morgan fingerprint density at radius 3 is 2.82 bits per heavy atom. The van der Waals surface area contributed by atoms with Crippen molar-refractivity contribution in [1.82, 2.24) is 5.32 Å². The predicted molar refractivity (Wildman–Crippen MR) is 90.4 cm³/mol. The van der Waals surface area contributed by atoms with Gasteiger partial charge in [-0.3, -0.25) is 5.32 Å². The number of benzene rings is 1. The van der Waals surface area contributed by atoms with Crippen molar-refractivity contribution in [3.63, 3.8) is 0 Å². The standard InChI is InChI=1S/C13H19N3O4S2/c1-3-20-6-7-22(18)9-4-5-11(10(14)8-9)15-12(21)16-13(17)19-2/h4-5,8H,3,6-7,14H2,1-2H3,(H2,15,16,17,21). The molecule has 122 valence electrons. The SMILES string of the molecule is CCOCC[S+]([O-])c1ccc(NC(=S)NC(=O)OC)c(N)c1. The Kier molecular flexibility index (Phi) is 7.96. The van der Waals surface area contributed by atoms with Gasteiger partial charge in [0.05, 0.1) is 25.1 Å². The molecule has 0 radical (unpaired) electrons. The number of carbonyl (C=O) groups excluding carboxylic acids is 1. The second-order valence-electron chi connectivity index (χ2n) is 4.07. The minimum Gasteiger partial charge on any atom is -0.611 e. The molecular weight excluding hydrogens is 326 g/mol. The van der Waals surface area contributed by atoms with E-state index in [9.17, 15) is 9.35 Å². The highest BCUT2D eigenvalue weighted by Crippen LogP contribution is 2.23. The maximum absolute atomic E-state index is 12.0. The van der Waals surface area contributed by atoms with Gasteiger partial charge in [-0.15, -0.1) is 0 Å². The number of nitrogens with one attached hydrogen (secondary N) is 2. The Morgan fingerprint density at radius 2 is 2.23 bits per heavy atom. The normalized spacial score (nSPS) is 11.6. The van der Waals surface area contributed by atoms with Crippen molar-refractivity contribution >= 4 is 46.0 Å². The van der Waals surface area contributed by atoms with Crippen LogP contribution in [0.1, 0.15) is 6.92 Å². The quantitative estimate of drug-likeness (QED) is 0.310. The third-order valence-electron chi connectivity index (χ3n) is 2.55. The largest absolute Gasteiger partial charge is 0.611 e. The summed E-state index contributed by atoms with van der Waals surface area (Å²) in [5.74, 6) is 0.405. The molecule has 1 amide bonds. The molecule has 0 fully saturated rings. The molecule has 0 heterocycles. The average molecular weight is 345 g/mol. The van der Waals surface area contributed by atoms with E-state index in [4.69, 9.17) is 22.7 Å². The first-order chi connectivity index (χ1) is 10.5. The number of thiocarbonyl (C=S) groups is 1. The molecule has 0 aliphatic heterocycles. The monoisotopic (exact) mass is 345 g/mol. The molecule has 9 heteroatoms. The van der Waals surface area contributed by atoms with Crippen molar-refractivity contribution in [3.8, 4) is 0 Å². The zero-order valence-electron chi connectivity index (χ0n) is 12.4. The second-order valence-corrected chi connectivity index (χ2v) is 6.05. The smallest absolute Gasteiger partial charge is 0.413 e. The summed E-state index contributed by atoms with van der Waals surface area (Å²) in [4.78, 5) is 11.6. The van der Waals surface area contributed by atoms with Crippen LogP contribution in [0.5, 0.6) is 0 Å². The summed E-state index contributed by atoms with van der Waals surface area (Å²) < 4.78 is 21.6. The number of hydrogen-bond acceptors (Lipinski definition) is 6. The zero-order chi connectivity index (χ0) is 16.5. The topological polar surface area (TPSA) is 109 Å². The first-order valence-electron chi connectivity index (χ1n) is 6.49. The lowest BCUT2D eigenvalue weighted by atomic mass is 10.3. The molecule has 7 nitrogen and oxygen atoms in total. The second kappa shape index (κ2) is 9.46. The van der Waals surface area contributed by atoms with E-state index in [0.29, 0.717) is 35.2 Å². The van der Waals surface area contributed by atoms with Gasteiger partial charge >= 0.3 is 6.09 Å². The summed E-state index contributed by atoms with van der Waals surface area (Å²) in [5, 5.41) is 5.13. The fourth-order valence-electron chi connectivity index (χ4n) is 1.49. The lowest BCUT2D eigenvalue weighted by Crippen LogP contribution is -2.34. The first-order valence-corrected chi connectivity index (χ1v) is 8.22. The van der Waals surface area contributed by atoms with Crippen molar-refractivity contribution in [1.29, 1.82) is 0 Å². The Hall–Kier alpha value is -1.55. The van der Waals surface area contributed by atoms with Crippen molar-refractivity contribution in [3.05, 3.63) is 18.2 Å². The van der Waals surface area contributed by atoms with Gasteiger partial charge in [0.2, 0.25) is 0 Å². The summed E-state index contributed by atoms with van der Waals surface area (Å²) in [6.45, 7) is 2.90. The van der Waals surface area contributed by atoms with Crippen molar-refractivity contribution in [2.75, 3.05) is 37.1 Å². The maximum Gasteiger partial charge on any atom is 0.413 e. The number of alkyl carbamates (subject to hydrolysis) is 1. The molecule has 1 atom stereocenters. The van der Waals surface area contributed by atoms with E-state index in [0.717, 1.165) is 0 Å². The molecule has 1 rings (SSSR count). The molecule has 1 unspecified atom stereocenters. The van der Waals surface area contributed by atoms with E-state index in [1.807, 2.05) is 6.92 Å². The lowest BCUT2D eigenvalue weighted by molar-refractivity contribution is 0.163. The van der Waals surface area contributed by atoms with Gasteiger partial charge in [0, 0.05) is 12.7 Å². The number of amides is 1. The van der Waals surface area contributed by atoms with Crippen LogP contribution >= 0.6 is 12.2 Å². The van der Waals surface area contributed by atoms with Crippen molar-refractivity contribution < 1.29 is 18.8 Å². The van der Waals surface area contributed by atoms with Crippen molar-refractivity contribution in [2.45, 2.75) is 11.8 Å². The Morgan fingerprint density at radius 1 is 1.50 bits per heavy atom. The number of nitrogens with two attached hydrogens (primary N) is 1. The molecule has 22 heavy (non-hydrogen) atoms. The minimum atomic E-state index is -1.18. The number of rotatable bonds is 6. The van der Waals surface area contributed by atoms with Gasteiger partial charge in [-0.05, 0) is 42.5 Å². The van der Waals surface area contributed by atoms with Crippen LogP contribution in [0, 0.1) is 0 Å². The van der Waals surface area contributed by atoms with Gasteiger partial charge in [-0.2, -0.15) is 0 Å². The van der Waals surface area contributed by atoms with Gasteiger partial charge in [-0.1, -0.05) is 0 Å². The van der Waals surface area contributed by atoms with Crippen LogP contribution in [-0.2, 0) is 20.6 Å². The minimum absolute atomic E-state index is 0.0590. The average Bonchev–Trinajstić information content (AvgIpc) is 2.49. The third-order valence-corrected chi connectivity index (χ3v) is 4.07. The van der Waals surface area contributed by atoms with Crippen LogP contribution in [0.4, 0.5) is 16.2 Å². The molecule has 0 aliphatic carbocycles. The van der Waals surface area contributed by atoms with Crippen molar-refractivity contribution in [2.24, 2.45) is 0 Å². The Bertz CT molecular complexity index is 528. The number of ether oxygens (including phenoxy) is 2. The number of anilines is 2. The highest BCUT2D eigenvalue weighted by Gasteiger charge is 2.13. The molecule has 4 N–H and O–H groups in total. The summed E-state index contributed by atoms with van der Waals surface area (Å²) in [6, 6.07) is 4.93. The van der Waals surface area contributed by atoms with E-state index in [-0.39, 0.29) is 5.11 Å². The summed E-state index contributed by atoms with van der Waals surface area (Å²) in [5.41, 5.74) is 6.77. The van der Waals surface area contributed by atoms with E-state index < -0.39 is 17.3 Å². The van der Waals surface area contributed by atoms with E-state index >= 15 is 0 Å².